The molecule has 1 N–H and O–H groups in total. The van der Waals surface area contributed by atoms with E-state index in [1.54, 1.807) is 11.8 Å². The van der Waals surface area contributed by atoms with Gasteiger partial charge in [-0.2, -0.15) is 0 Å². The first-order valence-corrected chi connectivity index (χ1v) is 9.58. The lowest BCUT2D eigenvalue weighted by Crippen LogP contribution is -2.25. The minimum atomic E-state index is -0.111. The quantitative estimate of drug-likeness (QED) is 0.627. The van der Waals surface area contributed by atoms with Crippen LogP contribution in [0.3, 0.4) is 0 Å². The molecule has 0 aliphatic carbocycles. The molecule has 1 fully saturated rings. The molecule has 22 heavy (non-hydrogen) atoms. The molecule has 1 saturated heterocycles. The second kappa shape index (κ2) is 7.29. The van der Waals surface area contributed by atoms with Crippen molar-refractivity contribution in [2.75, 3.05) is 19.5 Å². The van der Waals surface area contributed by atoms with Crippen LogP contribution >= 0.6 is 27.7 Å². The van der Waals surface area contributed by atoms with Crippen LogP contribution in [0.5, 0.6) is 0 Å². The molecule has 0 saturated carbocycles. The summed E-state index contributed by atoms with van der Waals surface area (Å²) >= 11 is 5.26. The molecule has 5 nitrogen and oxygen atoms in total. The largest absolute Gasteiger partial charge is 0.353 e. The predicted octanol–water partition coefficient (Wildman–Crippen LogP) is 3.70. The van der Waals surface area contributed by atoms with E-state index in [0.29, 0.717) is 0 Å². The molecule has 0 bridgehead atoms. The summed E-state index contributed by atoms with van der Waals surface area (Å²) in [4.78, 5) is 12.7. The van der Waals surface area contributed by atoms with Gasteiger partial charge in [-0.1, -0.05) is 18.7 Å². The average molecular weight is 386 g/mol. The highest BCUT2D eigenvalue weighted by Crippen LogP contribution is 2.31. The zero-order valence-corrected chi connectivity index (χ0v) is 15.2. The van der Waals surface area contributed by atoms with Crippen molar-refractivity contribution in [1.82, 2.24) is 15.0 Å². The van der Waals surface area contributed by atoms with E-state index in [-0.39, 0.29) is 6.29 Å². The Morgan fingerprint density at radius 3 is 2.77 bits per heavy atom. The predicted molar refractivity (Wildman–Crippen MR) is 91.4 cm³/mol. The monoisotopic (exact) mass is 385 g/mol. The van der Waals surface area contributed by atoms with Crippen molar-refractivity contribution in [3.8, 4) is 0 Å². The van der Waals surface area contributed by atoms with Gasteiger partial charge in [0.1, 0.15) is 5.65 Å². The molecular weight excluding hydrogens is 366 g/mol. The summed E-state index contributed by atoms with van der Waals surface area (Å²) in [5.41, 5.74) is 3.12. The SMILES string of the molecule is CCc1[nH]c2nc(SC)nc(CCC3OCCCO3)c2c1Br. The Bertz CT molecular complexity index is 656. The van der Waals surface area contributed by atoms with Crippen molar-refractivity contribution < 1.29 is 9.47 Å². The van der Waals surface area contributed by atoms with Gasteiger partial charge in [0.05, 0.1) is 24.3 Å². The minimum Gasteiger partial charge on any atom is -0.353 e. The van der Waals surface area contributed by atoms with Crippen LogP contribution < -0.4 is 0 Å². The van der Waals surface area contributed by atoms with E-state index < -0.39 is 0 Å². The molecule has 2 aromatic rings. The van der Waals surface area contributed by atoms with Crippen LogP contribution in [0.25, 0.3) is 11.0 Å². The van der Waals surface area contributed by atoms with E-state index in [0.717, 1.165) is 70.9 Å². The number of nitrogens with one attached hydrogen (secondary N) is 1. The fourth-order valence-electron chi connectivity index (χ4n) is 2.63. The second-order valence-corrected chi connectivity index (χ2v) is 6.78. The number of aromatic amines is 1. The third-order valence-electron chi connectivity index (χ3n) is 3.77. The van der Waals surface area contributed by atoms with Crippen LogP contribution in [-0.4, -0.2) is 40.7 Å². The summed E-state index contributed by atoms with van der Waals surface area (Å²) < 4.78 is 12.4. The Labute approximate surface area is 142 Å². The van der Waals surface area contributed by atoms with Crippen molar-refractivity contribution in [3.05, 3.63) is 15.9 Å². The lowest BCUT2D eigenvalue weighted by molar-refractivity contribution is -0.180. The number of halogens is 1. The van der Waals surface area contributed by atoms with Gasteiger partial charge >= 0.3 is 0 Å². The van der Waals surface area contributed by atoms with Crippen LogP contribution in [0.4, 0.5) is 0 Å². The molecule has 0 spiro atoms. The molecule has 3 rings (SSSR count). The van der Waals surface area contributed by atoms with Gasteiger partial charge < -0.3 is 14.5 Å². The van der Waals surface area contributed by atoms with Crippen molar-refractivity contribution in [1.29, 1.82) is 0 Å². The van der Waals surface area contributed by atoms with Gasteiger partial charge in [-0.05, 0) is 41.4 Å². The van der Waals surface area contributed by atoms with Gasteiger partial charge in [0, 0.05) is 16.6 Å². The van der Waals surface area contributed by atoms with Crippen LogP contribution in [0.15, 0.2) is 9.63 Å². The first-order valence-electron chi connectivity index (χ1n) is 7.57. The summed E-state index contributed by atoms with van der Waals surface area (Å²) in [6.45, 7) is 3.70. The highest BCUT2D eigenvalue weighted by atomic mass is 79.9. The molecule has 0 unspecified atom stereocenters. The number of thioether (sulfide) groups is 1. The van der Waals surface area contributed by atoms with E-state index >= 15 is 0 Å². The van der Waals surface area contributed by atoms with E-state index in [9.17, 15) is 0 Å². The average Bonchev–Trinajstić information content (AvgIpc) is 2.89. The molecule has 3 heterocycles. The van der Waals surface area contributed by atoms with E-state index in [2.05, 4.69) is 32.8 Å². The number of ether oxygens (including phenoxy) is 2. The number of hydrogen-bond acceptors (Lipinski definition) is 5. The van der Waals surface area contributed by atoms with Gasteiger partial charge in [0.25, 0.3) is 0 Å². The lowest BCUT2D eigenvalue weighted by atomic mass is 10.1. The Morgan fingerprint density at radius 1 is 1.32 bits per heavy atom. The zero-order chi connectivity index (χ0) is 15.5. The summed E-state index contributed by atoms with van der Waals surface area (Å²) in [5, 5.41) is 1.88. The fourth-order valence-corrected chi connectivity index (χ4v) is 3.81. The number of H-pyrrole nitrogens is 1. The Kier molecular flexibility index (Phi) is 5.38. The van der Waals surface area contributed by atoms with Crippen LogP contribution in [0.1, 0.15) is 31.2 Å². The maximum absolute atomic E-state index is 5.63. The summed E-state index contributed by atoms with van der Waals surface area (Å²) in [5.74, 6) is 0. The topological polar surface area (TPSA) is 60.0 Å². The van der Waals surface area contributed by atoms with Crippen LogP contribution in [0.2, 0.25) is 0 Å². The highest BCUT2D eigenvalue weighted by molar-refractivity contribution is 9.10. The van der Waals surface area contributed by atoms with Crippen molar-refractivity contribution >= 4 is 38.7 Å². The van der Waals surface area contributed by atoms with Crippen LogP contribution in [-0.2, 0) is 22.3 Å². The number of hydrogen-bond donors (Lipinski definition) is 1. The van der Waals surface area contributed by atoms with E-state index in [1.165, 1.54) is 0 Å². The molecule has 120 valence electrons. The normalized spacial score (nSPS) is 16.5. The summed E-state index contributed by atoms with van der Waals surface area (Å²) in [7, 11) is 0. The minimum absolute atomic E-state index is 0.111. The van der Waals surface area contributed by atoms with Crippen LogP contribution in [0, 0.1) is 0 Å². The summed E-state index contributed by atoms with van der Waals surface area (Å²) in [6.07, 6.45) is 5.43. The molecule has 0 radical (unpaired) electrons. The third-order valence-corrected chi connectivity index (χ3v) is 5.19. The fraction of sp³-hybridized carbons (Fsp3) is 0.600. The van der Waals surface area contributed by atoms with E-state index in [4.69, 9.17) is 14.5 Å². The molecule has 1 aliphatic heterocycles. The lowest BCUT2D eigenvalue weighted by Gasteiger charge is -2.23. The maximum atomic E-state index is 5.63. The molecule has 2 aromatic heterocycles. The first kappa shape index (κ1) is 16.2. The number of aromatic nitrogens is 3. The van der Waals surface area contributed by atoms with Gasteiger partial charge in [0.2, 0.25) is 0 Å². The Hall–Kier alpha value is -0.630. The second-order valence-electron chi connectivity index (χ2n) is 5.22. The number of aryl methyl sites for hydroxylation is 2. The highest BCUT2D eigenvalue weighted by Gasteiger charge is 2.19. The van der Waals surface area contributed by atoms with Crippen molar-refractivity contribution in [3.63, 3.8) is 0 Å². The van der Waals surface area contributed by atoms with Gasteiger partial charge in [-0.3, -0.25) is 0 Å². The maximum Gasteiger partial charge on any atom is 0.189 e. The number of rotatable bonds is 5. The van der Waals surface area contributed by atoms with Gasteiger partial charge in [-0.15, -0.1) is 0 Å². The molecule has 0 aromatic carbocycles. The summed E-state index contributed by atoms with van der Waals surface area (Å²) in [6, 6.07) is 0. The van der Waals surface area contributed by atoms with Gasteiger partial charge in [0.15, 0.2) is 11.4 Å². The molecule has 0 atom stereocenters. The first-order chi connectivity index (χ1) is 10.7. The van der Waals surface area contributed by atoms with Gasteiger partial charge in [-0.25, -0.2) is 9.97 Å². The Balaban J connectivity index is 1.90. The molecular formula is C15H20BrN3O2S. The standard InChI is InChI=1S/C15H20BrN3O2S/c1-3-9-13(16)12-10(5-6-11-20-7-4-8-21-11)18-15(22-2)19-14(12)17-9/h11H,3-8H2,1-2H3,(H,17,18,19). The number of fused-ring (bicyclic) bond motifs is 1. The molecule has 0 amide bonds. The number of nitrogens with zero attached hydrogens (tertiary/aromatic N) is 2. The zero-order valence-electron chi connectivity index (χ0n) is 12.8. The third kappa shape index (κ3) is 3.32. The van der Waals surface area contributed by atoms with Crippen molar-refractivity contribution in [2.45, 2.75) is 44.1 Å². The molecule has 7 heteroatoms. The smallest absolute Gasteiger partial charge is 0.189 e. The molecule has 1 aliphatic rings. The van der Waals surface area contributed by atoms with Crippen molar-refractivity contribution in [2.24, 2.45) is 0 Å². The van der Waals surface area contributed by atoms with E-state index in [1.807, 2.05) is 6.26 Å². The Morgan fingerprint density at radius 2 is 2.09 bits per heavy atom.